The second-order valence-electron chi connectivity index (χ2n) is 5.19. The monoisotopic (exact) mass is 401 g/mol. The average Bonchev–Trinajstić information content (AvgIpc) is 3.01. The van der Waals surface area contributed by atoms with Gasteiger partial charge in [0.15, 0.2) is 5.82 Å². The minimum atomic E-state index is -0.433. The number of ether oxygens (including phenoxy) is 2. The minimum Gasteiger partial charge on any atom is -0.490 e. The van der Waals surface area contributed by atoms with Gasteiger partial charge in [0.25, 0.3) is 0 Å². The summed E-state index contributed by atoms with van der Waals surface area (Å²) in [5.41, 5.74) is 1.09. The van der Waals surface area contributed by atoms with Crippen LogP contribution in [0.5, 0.6) is 5.75 Å². The largest absolute Gasteiger partial charge is 0.490 e. The number of carbonyl (C=O) groups is 1. The fraction of sp³-hybridized carbons (Fsp3) is 0.167. The Bertz CT molecular complexity index is 865. The van der Waals surface area contributed by atoms with Crippen molar-refractivity contribution in [2.45, 2.75) is 6.92 Å². The first-order valence-electron chi connectivity index (χ1n) is 7.66. The molecule has 6 nitrogen and oxygen atoms in total. The van der Waals surface area contributed by atoms with Gasteiger partial charge in [0.2, 0.25) is 0 Å². The van der Waals surface area contributed by atoms with Crippen LogP contribution < -0.4 is 4.74 Å². The van der Waals surface area contributed by atoms with E-state index in [0.717, 1.165) is 4.47 Å². The molecule has 0 N–H and O–H groups in total. The number of carbonyl (C=O) groups excluding carboxylic acids is 1. The summed E-state index contributed by atoms with van der Waals surface area (Å²) in [7, 11) is 0. The molecule has 0 unspecified atom stereocenters. The summed E-state index contributed by atoms with van der Waals surface area (Å²) in [6.07, 6.45) is 3.16. The summed E-state index contributed by atoms with van der Waals surface area (Å²) in [5.74, 6) is 0.930. The molecule has 0 spiro atoms. The van der Waals surface area contributed by atoms with Gasteiger partial charge in [-0.25, -0.2) is 14.5 Å². The number of esters is 1. The first kappa shape index (κ1) is 17.2. The maximum Gasteiger partial charge on any atom is 0.341 e. The highest BCUT2D eigenvalue weighted by Gasteiger charge is 2.16. The zero-order valence-corrected chi connectivity index (χ0v) is 15.1. The highest BCUT2D eigenvalue weighted by atomic mass is 79.9. The third-order valence-electron chi connectivity index (χ3n) is 3.48. The molecule has 3 aromatic rings. The highest BCUT2D eigenvalue weighted by Crippen LogP contribution is 2.17. The standard InChI is InChI=1S/C18H16BrN3O3/c1-13-16(12-21-22(13)17-7-2-3-8-20-17)18(23)25-10-9-24-15-6-4-5-14(19)11-15/h2-8,11-12H,9-10H2,1H3. The molecule has 0 bridgehead atoms. The van der Waals surface area contributed by atoms with Gasteiger partial charge in [-0.2, -0.15) is 5.10 Å². The molecule has 2 heterocycles. The minimum absolute atomic E-state index is 0.152. The molecule has 0 saturated heterocycles. The van der Waals surface area contributed by atoms with E-state index in [4.69, 9.17) is 9.47 Å². The molecule has 0 amide bonds. The predicted molar refractivity (Wildman–Crippen MR) is 96.0 cm³/mol. The Morgan fingerprint density at radius 1 is 1.20 bits per heavy atom. The van der Waals surface area contributed by atoms with Crippen molar-refractivity contribution in [3.05, 3.63) is 70.6 Å². The lowest BCUT2D eigenvalue weighted by Crippen LogP contribution is -2.13. The van der Waals surface area contributed by atoms with Crippen molar-refractivity contribution in [3.63, 3.8) is 0 Å². The first-order chi connectivity index (χ1) is 12.1. The van der Waals surface area contributed by atoms with Crippen LogP contribution in [-0.4, -0.2) is 33.9 Å². The molecule has 7 heteroatoms. The molecule has 0 atom stereocenters. The van der Waals surface area contributed by atoms with Gasteiger partial charge in [0, 0.05) is 10.7 Å². The van der Waals surface area contributed by atoms with Crippen molar-refractivity contribution < 1.29 is 14.3 Å². The van der Waals surface area contributed by atoms with E-state index in [0.29, 0.717) is 22.8 Å². The summed E-state index contributed by atoms with van der Waals surface area (Å²) in [5, 5.41) is 4.21. The topological polar surface area (TPSA) is 66.2 Å². The normalized spacial score (nSPS) is 10.5. The fourth-order valence-corrected chi connectivity index (χ4v) is 2.63. The number of halogens is 1. The summed E-state index contributed by atoms with van der Waals surface area (Å²) < 4.78 is 13.3. The smallest absolute Gasteiger partial charge is 0.341 e. The third-order valence-corrected chi connectivity index (χ3v) is 3.97. The van der Waals surface area contributed by atoms with Crippen molar-refractivity contribution in [1.29, 1.82) is 0 Å². The molecule has 0 radical (unpaired) electrons. The zero-order chi connectivity index (χ0) is 17.6. The number of nitrogens with zero attached hydrogens (tertiary/aromatic N) is 3. The lowest BCUT2D eigenvalue weighted by atomic mass is 10.2. The molecule has 0 saturated carbocycles. The van der Waals surface area contributed by atoms with Gasteiger partial charge < -0.3 is 9.47 Å². The highest BCUT2D eigenvalue weighted by molar-refractivity contribution is 9.10. The number of hydrogen-bond donors (Lipinski definition) is 0. The molecular weight excluding hydrogens is 386 g/mol. The Hall–Kier alpha value is -2.67. The van der Waals surface area contributed by atoms with E-state index >= 15 is 0 Å². The van der Waals surface area contributed by atoms with Crippen molar-refractivity contribution in [1.82, 2.24) is 14.8 Å². The van der Waals surface area contributed by atoms with Crippen molar-refractivity contribution in [2.75, 3.05) is 13.2 Å². The number of pyridine rings is 1. The summed E-state index contributed by atoms with van der Waals surface area (Å²) >= 11 is 3.37. The van der Waals surface area contributed by atoms with Crippen molar-refractivity contribution in [3.8, 4) is 11.6 Å². The van der Waals surface area contributed by atoms with Gasteiger partial charge in [-0.3, -0.25) is 0 Å². The number of rotatable bonds is 6. The molecule has 0 fully saturated rings. The van der Waals surface area contributed by atoms with Crippen molar-refractivity contribution in [2.24, 2.45) is 0 Å². The van der Waals surface area contributed by atoms with Crippen LogP contribution in [0, 0.1) is 6.92 Å². The first-order valence-corrected chi connectivity index (χ1v) is 8.46. The van der Waals surface area contributed by atoms with Gasteiger partial charge in [-0.1, -0.05) is 28.1 Å². The molecular formula is C18H16BrN3O3. The van der Waals surface area contributed by atoms with Gasteiger partial charge in [-0.05, 0) is 37.3 Å². The number of aromatic nitrogens is 3. The quantitative estimate of drug-likeness (QED) is 0.466. The van der Waals surface area contributed by atoms with Crippen LogP contribution in [0.25, 0.3) is 5.82 Å². The molecule has 1 aromatic carbocycles. The van der Waals surface area contributed by atoms with Crippen LogP contribution in [0.1, 0.15) is 16.1 Å². The third kappa shape index (κ3) is 4.24. The van der Waals surface area contributed by atoms with Gasteiger partial charge in [0.1, 0.15) is 24.5 Å². The van der Waals surface area contributed by atoms with Gasteiger partial charge in [-0.15, -0.1) is 0 Å². The number of benzene rings is 1. The molecule has 0 aliphatic rings. The Morgan fingerprint density at radius 3 is 2.84 bits per heavy atom. The second kappa shape index (κ2) is 7.94. The molecule has 0 aliphatic carbocycles. The summed E-state index contributed by atoms with van der Waals surface area (Å²) in [6, 6.07) is 13.0. The van der Waals surface area contributed by atoms with Crippen LogP contribution in [0.2, 0.25) is 0 Å². The average molecular weight is 402 g/mol. The van der Waals surface area contributed by atoms with Crippen LogP contribution >= 0.6 is 15.9 Å². The predicted octanol–water partition coefficient (Wildman–Crippen LogP) is 3.57. The van der Waals surface area contributed by atoms with Crippen LogP contribution in [0.3, 0.4) is 0 Å². The molecule has 2 aromatic heterocycles. The van der Waals surface area contributed by atoms with Crippen molar-refractivity contribution >= 4 is 21.9 Å². The Kier molecular flexibility index (Phi) is 5.45. The molecule has 3 rings (SSSR count). The van der Waals surface area contributed by atoms with E-state index in [1.54, 1.807) is 17.8 Å². The SMILES string of the molecule is Cc1c(C(=O)OCCOc2cccc(Br)c2)cnn1-c1ccccn1. The van der Waals surface area contributed by atoms with E-state index in [9.17, 15) is 4.79 Å². The lowest BCUT2D eigenvalue weighted by Gasteiger charge is -2.08. The molecule has 25 heavy (non-hydrogen) atoms. The van der Waals surface area contributed by atoms with Gasteiger partial charge >= 0.3 is 5.97 Å². The van der Waals surface area contributed by atoms with Crippen LogP contribution in [-0.2, 0) is 4.74 Å². The van der Waals surface area contributed by atoms with Crippen LogP contribution in [0.15, 0.2) is 59.3 Å². The van der Waals surface area contributed by atoms with E-state index < -0.39 is 5.97 Å². The summed E-state index contributed by atoms with van der Waals surface area (Å²) in [4.78, 5) is 16.4. The van der Waals surface area contributed by atoms with Crippen LogP contribution in [0.4, 0.5) is 0 Å². The van der Waals surface area contributed by atoms with E-state index in [1.807, 2.05) is 42.5 Å². The summed E-state index contributed by atoms with van der Waals surface area (Å²) in [6.45, 7) is 2.23. The molecule has 128 valence electrons. The van der Waals surface area contributed by atoms with Gasteiger partial charge in [0.05, 0.1) is 11.9 Å². The zero-order valence-electron chi connectivity index (χ0n) is 13.6. The second-order valence-corrected chi connectivity index (χ2v) is 6.10. The van der Waals surface area contributed by atoms with E-state index in [-0.39, 0.29) is 13.2 Å². The Morgan fingerprint density at radius 2 is 2.08 bits per heavy atom. The maximum atomic E-state index is 12.2. The van der Waals surface area contributed by atoms with E-state index in [1.165, 1.54) is 6.20 Å². The Labute approximate surface area is 153 Å². The fourth-order valence-electron chi connectivity index (χ4n) is 2.25. The van der Waals surface area contributed by atoms with E-state index in [2.05, 4.69) is 26.0 Å². The number of hydrogen-bond acceptors (Lipinski definition) is 5. The maximum absolute atomic E-state index is 12.2. The molecule has 0 aliphatic heterocycles. The Balaban J connectivity index is 1.56. The lowest BCUT2D eigenvalue weighted by molar-refractivity contribution is 0.0449.